The molecule has 0 saturated carbocycles. The van der Waals surface area contributed by atoms with Crippen LogP contribution in [0.25, 0.3) is 0 Å². The van der Waals surface area contributed by atoms with Crippen LogP contribution in [0.5, 0.6) is 0 Å². The molecule has 0 atom stereocenters. The molecule has 0 amide bonds. The Morgan fingerprint density at radius 1 is 1.61 bits per heavy atom. The SMILES string of the molecule is Cc1cc(Br)c(NC2(CC(=O)O)CNC2)cc1Cl. The smallest absolute Gasteiger partial charge is 0.305 e. The zero-order valence-corrected chi connectivity index (χ0v) is 12.2. The molecule has 0 radical (unpaired) electrons. The van der Waals surface area contributed by atoms with Crippen LogP contribution in [-0.4, -0.2) is 29.7 Å². The number of carboxylic acids is 1. The van der Waals surface area contributed by atoms with Gasteiger partial charge in [0.15, 0.2) is 0 Å². The summed E-state index contributed by atoms with van der Waals surface area (Å²) in [6.07, 6.45) is 0.0813. The van der Waals surface area contributed by atoms with Crippen molar-refractivity contribution in [3.05, 3.63) is 27.2 Å². The summed E-state index contributed by atoms with van der Waals surface area (Å²) in [5, 5.41) is 16.0. The monoisotopic (exact) mass is 332 g/mol. The summed E-state index contributed by atoms with van der Waals surface area (Å²) >= 11 is 9.55. The number of halogens is 2. The Labute approximate surface area is 119 Å². The average Bonchev–Trinajstić information content (AvgIpc) is 2.22. The Bertz CT molecular complexity index is 489. The first kappa shape index (κ1) is 13.6. The van der Waals surface area contributed by atoms with Crippen molar-refractivity contribution in [2.75, 3.05) is 18.4 Å². The molecule has 1 saturated heterocycles. The molecule has 3 N–H and O–H groups in total. The second kappa shape index (κ2) is 5.07. The van der Waals surface area contributed by atoms with Crippen LogP contribution >= 0.6 is 27.5 Å². The Morgan fingerprint density at radius 3 is 2.78 bits per heavy atom. The maximum absolute atomic E-state index is 10.9. The molecule has 0 aromatic heterocycles. The number of nitrogens with one attached hydrogen (secondary N) is 2. The molecule has 0 bridgehead atoms. The molecule has 1 aliphatic heterocycles. The summed E-state index contributed by atoms with van der Waals surface area (Å²) in [6.45, 7) is 3.20. The lowest BCUT2D eigenvalue weighted by Gasteiger charge is -2.43. The number of aliphatic carboxylic acids is 1. The fourth-order valence-electron chi connectivity index (χ4n) is 2.00. The van der Waals surface area contributed by atoms with Gasteiger partial charge in [-0.15, -0.1) is 0 Å². The Balaban J connectivity index is 2.22. The largest absolute Gasteiger partial charge is 0.481 e. The zero-order valence-electron chi connectivity index (χ0n) is 9.89. The summed E-state index contributed by atoms with van der Waals surface area (Å²) < 4.78 is 0.890. The summed E-state index contributed by atoms with van der Waals surface area (Å²) in [4.78, 5) is 10.9. The zero-order chi connectivity index (χ0) is 13.3. The van der Waals surface area contributed by atoms with Crippen molar-refractivity contribution in [3.63, 3.8) is 0 Å². The molecular formula is C12H14BrClN2O2. The normalized spacial score (nSPS) is 17.1. The van der Waals surface area contributed by atoms with Gasteiger partial charge >= 0.3 is 5.97 Å². The van der Waals surface area contributed by atoms with E-state index in [9.17, 15) is 4.79 Å². The van der Waals surface area contributed by atoms with Crippen LogP contribution in [0.15, 0.2) is 16.6 Å². The predicted molar refractivity (Wildman–Crippen MR) is 75.4 cm³/mol. The second-order valence-electron chi connectivity index (χ2n) is 4.66. The van der Waals surface area contributed by atoms with Crippen LogP contribution in [0, 0.1) is 6.92 Å². The van der Waals surface area contributed by atoms with E-state index in [0.29, 0.717) is 18.1 Å². The predicted octanol–water partition coefficient (Wildman–Crippen LogP) is 2.64. The lowest BCUT2D eigenvalue weighted by molar-refractivity contribution is -0.138. The quantitative estimate of drug-likeness (QED) is 0.793. The first-order chi connectivity index (χ1) is 8.42. The molecule has 1 aromatic carbocycles. The summed E-state index contributed by atoms with van der Waals surface area (Å²) in [5.41, 5.74) is 1.38. The van der Waals surface area contributed by atoms with E-state index in [1.807, 2.05) is 19.1 Å². The highest BCUT2D eigenvalue weighted by atomic mass is 79.9. The van der Waals surface area contributed by atoms with Crippen molar-refractivity contribution in [1.82, 2.24) is 5.32 Å². The van der Waals surface area contributed by atoms with E-state index in [2.05, 4.69) is 26.6 Å². The highest BCUT2D eigenvalue weighted by Gasteiger charge is 2.39. The Hall–Kier alpha value is -0.780. The van der Waals surface area contributed by atoms with Gasteiger partial charge in [-0.1, -0.05) is 11.6 Å². The summed E-state index contributed by atoms with van der Waals surface area (Å²) in [7, 11) is 0. The van der Waals surface area contributed by atoms with Crippen LogP contribution in [0.4, 0.5) is 5.69 Å². The van der Waals surface area contributed by atoms with Gasteiger partial charge in [0.05, 0.1) is 17.6 Å². The molecule has 1 aliphatic rings. The molecule has 0 spiro atoms. The van der Waals surface area contributed by atoms with Gasteiger partial charge in [0.1, 0.15) is 0 Å². The number of hydrogen-bond acceptors (Lipinski definition) is 3. The molecule has 1 fully saturated rings. The van der Waals surface area contributed by atoms with E-state index in [0.717, 1.165) is 15.7 Å². The van der Waals surface area contributed by atoms with E-state index in [-0.39, 0.29) is 6.42 Å². The number of carbonyl (C=O) groups is 1. The molecule has 0 unspecified atom stereocenters. The molecule has 1 heterocycles. The van der Waals surface area contributed by atoms with Crippen LogP contribution < -0.4 is 10.6 Å². The second-order valence-corrected chi connectivity index (χ2v) is 5.92. The number of hydrogen-bond donors (Lipinski definition) is 3. The van der Waals surface area contributed by atoms with Crippen LogP contribution in [0.3, 0.4) is 0 Å². The highest BCUT2D eigenvalue weighted by molar-refractivity contribution is 9.10. The van der Waals surface area contributed by atoms with E-state index < -0.39 is 11.5 Å². The molecule has 0 aliphatic carbocycles. The number of benzene rings is 1. The molecule has 1 aromatic rings. The fraction of sp³-hybridized carbons (Fsp3) is 0.417. The van der Waals surface area contributed by atoms with Crippen LogP contribution in [-0.2, 0) is 4.79 Å². The van der Waals surface area contributed by atoms with E-state index in [1.165, 1.54) is 0 Å². The van der Waals surface area contributed by atoms with Gasteiger partial charge in [-0.05, 0) is 40.5 Å². The standard InChI is InChI=1S/C12H14BrClN2O2/c1-7-2-8(13)10(3-9(7)14)16-12(4-11(17)18)5-15-6-12/h2-3,15-16H,4-6H2,1H3,(H,17,18). The molecule has 4 nitrogen and oxygen atoms in total. The lowest BCUT2D eigenvalue weighted by Crippen LogP contribution is -2.65. The first-order valence-electron chi connectivity index (χ1n) is 5.58. The number of carboxylic acid groups (broad SMARTS) is 1. The number of rotatable bonds is 4. The molecule has 18 heavy (non-hydrogen) atoms. The molecule has 2 rings (SSSR count). The van der Waals surface area contributed by atoms with Crippen molar-refractivity contribution >= 4 is 39.2 Å². The maximum Gasteiger partial charge on any atom is 0.305 e. The third kappa shape index (κ3) is 2.79. The Kier molecular flexibility index (Phi) is 3.84. The topological polar surface area (TPSA) is 61.4 Å². The number of aryl methyl sites for hydroxylation is 1. The molecule has 6 heteroatoms. The van der Waals surface area contributed by atoms with E-state index in [4.69, 9.17) is 16.7 Å². The highest BCUT2D eigenvalue weighted by Crippen LogP contribution is 2.33. The summed E-state index contributed by atoms with van der Waals surface area (Å²) in [5.74, 6) is -0.807. The van der Waals surface area contributed by atoms with E-state index in [1.54, 1.807) is 0 Å². The third-order valence-corrected chi connectivity index (χ3v) is 4.13. The van der Waals surface area contributed by atoms with Crippen molar-refractivity contribution in [2.45, 2.75) is 18.9 Å². The van der Waals surface area contributed by atoms with Gasteiger partial charge < -0.3 is 15.7 Å². The van der Waals surface area contributed by atoms with Crippen LogP contribution in [0.2, 0.25) is 5.02 Å². The maximum atomic E-state index is 10.9. The van der Waals surface area contributed by atoms with Crippen LogP contribution in [0.1, 0.15) is 12.0 Å². The minimum absolute atomic E-state index is 0.0813. The first-order valence-corrected chi connectivity index (χ1v) is 6.75. The average molecular weight is 334 g/mol. The Morgan fingerprint density at radius 2 is 2.28 bits per heavy atom. The summed E-state index contributed by atoms with van der Waals surface area (Å²) in [6, 6.07) is 3.74. The van der Waals surface area contributed by atoms with Gasteiger partial charge in [-0.25, -0.2) is 0 Å². The van der Waals surface area contributed by atoms with Gasteiger partial charge in [0.25, 0.3) is 0 Å². The van der Waals surface area contributed by atoms with E-state index >= 15 is 0 Å². The van der Waals surface area contributed by atoms with Gasteiger partial charge in [-0.2, -0.15) is 0 Å². The minimum atomic E-state index is -0.807. The molecule has 98 valence electrons. The van der Waals surface area contributed by atoms with Gasteiger partial charge in [-0.3, -0.25) is 4.79 Å². The fourth-order valence-corrected chi connectivity index (χ4v) is 2.72. The van der Waals surface area contributed by atoms with Crippen molar-refractivity contribution in [2.24, 2.45) is 0 Å². The van der Waals surface area contributed by atoms with Gasteiger partial charge in [0, 0.05) is 22.6 Å². The van der Waals surface area contributed by atoms with Gasteiger partial charge in [0.2, 0.25) is 0 Å². The minimum Gasteiger partial charge on any atom is -0.481 e. The number of anilines is 1. The van der Waals surface area contributed by atoms with Crippen molar-refractivity contribution < 1.29 is 9.90 Å². The third-order valence-electron chi connectivity index (χ3n) is 3.06. The lowest BCUT2D eigenvalue weighted by atomic mass is 9.88. The van der Waals surface area contributed by atoms with Crippen molar-refractivity contribution in [3.8, 4) is 0 Å². The molecular weight excluding hydrogens is 320 g/mol. The van der Waals surface area contributed by atoms with Crippen molar-refractivity contribution in [1.29, 1.82) is 0 Å².